The van der Waals surface area contributed by atoms with E-state index in [4.69, 9.17) is 4.74 Å². The second kappa shape index (κ2) is 6.19. The zero-order chi connectivity index (χ0) is 14.7. The van der Waals surface area contributed by atoms with Gasteiger partial charge in [-0.3, -0.25) is 9.59 Å². The summed E-state index contributed by atoms with van der Waals surface area (Å²) in [5.41, 5.74) is 0.273. The summed E-state index contributed by atoms with van der Waals surface area (Å²) in [5, 5.41) is 8.54. The zero-order valence-electron chi connectivity index (χ0n) is 10.2. The van der Waals surface area contributed by atoms with Crippen molar-refractivity contribution in [3.05, 3.63) is 49.3 Å². The SMILES string of the molecule is COc1cc(NC(=O)c2ccc(=O)[nH]n2)c(Br)cc1Br. The van der Waals surface area contributed by atoms with Gasteiger partial charge in [-0.2, -0.15) is 5.10 Å². The molecule has 0 unspecified atom stereocenters. The van der Waals surface area contributed by atoms with Crippen LogP contribution in [0.3, 0.4) is 0 Å². The molecule has 2 N–H and O–H groups in total. The summed E-state index contributed by atoms with van der Waals surface area (Å²) in [6.45, 7) is 0. The number of hydrogen-bond donors (Lipinski definition) is 2. The van der Waals surface area contributed by atoms with Gasteiger partial charge in [-0.15, -0.1) is 0 Å². The van der Waals surface area contributed by atoms with Crippen LogP contribution in [0.5, 0.6) is 5.75 Å². The lowest BCUT2D eigenvalue weighted by Gasteiger charge is -2.10. The number of carbonyl (C=O) groups excluding carboxylic acids is 1. The van der Waals surface area contributed by atoms with Crippen molar-refractivity contribution in [1.29, 1.82) is 0 Å². The molecule has 1 amide bonds. The summed E-state index contributed by atoms with van der Waals surface area (Å²) in [5.74, 6) is 0.143. The van der Waals surface area contributed by atoms with Crippen LogP contribution in [0.1, 0.15) is 10.5 Å². The molecule has 0 aliphatic carbocycles. The smallest absolute Gasteiger partial charge is 0.276 e. The number of rotatable bonds is 3. The molecule has 1 heterocycles. The fourth-order valence-corrected chi connectivity index (χ4v) is 2.69. The Morgan fingerprint density at radius 3 is 2.65 bits per heavy atom. The van der Waals surface area contributed by atoms with Crippen LogP contribution < -0.4 is 15.6 Å². The summed E-state index contributed by atoms with van der Waals surface area (Å²) in [4.78, 5) is 22.9. The molecule has 0 aliphatic rings. The van der Waals surface area contributed by atoms with Gasteiger partial charge in [0.2, 0.25) is 0 Å². The highest BCUT2D eigenvalue weighted by molar-refractivity contribution is 9.11. The molecule has 2 rings (SSSR count). The standard InChI is InChI=1S/C12H9Br2N3O3/c1-20-10-5-9(6(13)4-7(10)14)15-12(19)8-2-3-11(18)17-16-8/h2-5H,1H3,(H,15,19)(H,17,18). The van der Waals surface area contributed by atoms with Crippen molar-refractivity contribution in [2.24, 2.45) is 0 Å². The Morgan fingerprint density at radius 1 is 1.30 bits per heavy atom. The molecule has 6 nitrogen and oxygen atoms in total. The van der Waals surface area contributed by atoms with E-state index < -0.39 is 5.91 Å². The number of ether oxygens (including phenoxy) is 1. The van der Waals surface area contributed by atoms with Crippen LogP contribution in [-0.2, 0) is 0 Å². The number of carbonyl (C=O) groups is 1. The highest BCUT2D eigenvalue weighted by atomic mass is 79.9. The van der Waals surface area contributed by atoms with Crippen molar-refractivity contribution in [2.45, 2.75) is 0 Å². The molecule has 1 aromatic carbocycles. The van der Waals surface area contributed by atoms with Gasteiger partial charge in [0.25, 0.3) is 11.5 Å². The third-order valence-corrected chi connectivity index (χ3v) is 3.68. The second-order valence-electron chi connectivity index (χ2n) is 3.73. The Kier molecular flexibility index (Phi) is 4.56. The van der Waals surface area contributed by atoms with E-state index in [1.165, 1.54) is 19.2 Å². The van der Waals surface area contributed by atoms with E-state index in [0.717, 1.165) is 4.47 Å². The first kappa shape index (κ1) is 14.7. The number of methoxy groups -OCH3 is 1. The highest BCUT2D eigenvalue weighted by Crippen LogP contribution is 2.34. The first-order valence-corrected chi connectivity index (χ1v) is 7.00. The molecule has 0 aliphatic heterocycles. The van der Waals surface area contributed by atoms with Gasteiger partial charge >= 0.3 is 0 Å². The summed E-state index contributed by atoms with van der Waals surface area (Å²) >= 11 is 6.69. The molecule has 1 aromatic heterocycles. The lowest BCUT2D eigenvalue weighted by molar-refractivity contribution is 0.102. The number of aromatic amines is 1. The maximum Gasteiger partial charge on any atom is 0.276 e. The average molecular weight is 403 g/mol. The van der Waals surface area contributed by atoms with Gasteiger partial charge in [0.05, 0.1) is 17.3 Å². The van der Waals surface area contributed by atoms with Gasteiger partial charge in [-0.05, 0) is 44.0 Å². The third-order valence-electron chi connectivity index (χ3n) is 2.40. The summed E-state index contributed by atoms with van der Waals surface area (Å²) in [6, 6.07) is 6.00. The fourth-order valence-electron chi connectivity index (χ4n) is 1.44. The molecule has 20 heavy (non-hydrogen) atoms. The Bertz CT molecular complexity index is 695. The fraction of sp³-hybridized carbons (Fsp3) is 0.0833. The average Bonchev–Trinajstić information content (AvgIpc) is 2.42. The van der Waals surface area contributed by atoms with E-state index in [0.29, 0.717) is 15.9 Å². The molecule has 0 saturated heterocycles. The van der Waals surface area contributed by atoms with Crippen LogP contribution in [-0.4, -0.2) is 23.2 Å². The van der Waals surface area contributed by atoms with Gasteiger partial charge in [0, 0.05) is 16.6 Å². The van der Waals surface area contributed by atoms with E-state index in [9.17, 15) is 9.59 Å². The van der Waals surface area contributed by atoms with Crippen molar-refractivity contribution in [1.82, 2.24) is 10.2 Å². The van der Waals surface area contributed by atoms with Crippen LogP contribution in [0, 0.1) is 0 Å². The number of nitrogens with one attached hydrogen (secondary N) is 2. The molecular weight excluding hydrogens is 394 g/mol. The van der Waals surface area contributed by atoms with Crippen LogP contribution in [0.2, 0.25) is 0 Å². The Balaban J connectivity index is 2.27. The zero-order valence-corrected chi connectivity index (χ0v) is 13.4. The van der Waals surface area contributed by atoms with E-state index in [2.05, 4.69) is 47.4 Å². The molecule has 0 bridgehead atoms. The maximum atomic E-state index is 12.0. The predicted octanol–water partition coefficient (Wildman–Crippen LogP) is 2.56. The number of aromatic nitrogens is 2. The Hall–Kier alpha value is -1.67. The molecule has 0 fully saturated rings. The number of benzene rings is 1. The minimum absolute atomic E-state index is 0.110. The minimum Gasteiger partial charge on any atom is -0.495 e. The lowest BCUT2D eigenvalue weighted by Crippen LogP contribution is -2.17. The number of halogens is 2. The quantitative estimate of drug-likeness (QED) is 0.826. The van der Waals surface area contributed by atoms with Crippen LogP contribution in [0.4, 0.5) is 5.69 Å². The molecule has 104 valence electrons. The van der Waals surface area contributed by atoms with Crippen LogP contribution >= 0.6 is 31.9 Å². The largest absolute Gasteiger partial charge is 0.495 e. The molecule has 8 heteroatoms. The Morgan fingerprint density at radius 2 is 2.05 bits per heavy atom. The van der Waals surface area contributed by atoms with E-state index >= 15 is 0 Å². The number of hydrogen-bond acceptors (Lipinski definition) is 4. The third kappa shape index (κ3) is 3.26. The molecule has 0 saturated carbocycles. The second-order valence-corrected chi connectivity index (χ2v) is 5.44. The van der Waals surface area contributed by atoms with Crippen molar-refractivity contribution >= 4 is 43.5 Å². The number of nitrogens with zero attached hydrogens (tertiary/aromatic N) is 1. The molecular formula is C12H9Br2N3O3. The monoisotopic (exact) mass is 401 g/mol. The summed E-state index contributed by atoms with van der Waals surface area (Å²) in [7, 11) is 1.53. The molecule has 2 aromatic rings. The van der Waals surface area contributed by atoms with Crippen LogP contribution in [0.15, 0.2) is 38.0 Å². The van der Waals surface area contributed by atoms with Crippen molar-refractivity contribution in [3.8, 4) is 5.75 Å². The molecule has 0 radical (unpaired) electrons. The normalized spacial score (nSPS) is 10.2. The minimum atomic E-state index is -0.439. The lowest BCUT2D eigenvalue weighted by atomic mass is 10.3. The van der Waals surface area contributed by atoms with Gasteiger partial charge in [-0.1, -0.05) is 0 Å². The summed E-state index contributed by atoms with van der Waals surface area (Å²) < 4.78 is 6.60. The predicted molar refractivity (Wildman–Crippen MR) is 81.2 cm³/mol. The van der Waals surface area contributed by atoms with Gasteiger partial charge in [0.15, 0.2) is 0 Å². The van der Waals surface area contributed by atoms with Gasteiger partial charge in [-0.25, -0.2) is 5.10 Å². The van der Waals surface area contributed by atoms with Gasteiger partial charge < -0.3 is 10.1 Å². The van der Waals surface area contributed by atoms with Gasteiger partial charge in [0.1, 0.15) is 11.4 Å². The Labute approximate surface area is 130 Å². The number of amides is 1. The summed E-state index contributed by atoms with van der Waals surface area (Å²) in [6.07, 6.45) is 0. The first-order valence-electron chi connectivity index (χ1n) is 5.41. The van der Waals surface area contributed by atoms with Crippen molar-refractivity contribution < 1.29 is 9.53 Å². The highest BCUT2D eigenvalue weighted by Gasteiger charge is 2.12. The first-order chi connectivity index (χ1) is 9.51. The topological polar surface area (TPSA) is 84.1 Å². The van der Waals surface area contributed by atoms with E-state index in [-0.39, 0.29) is 11.3 Å². The van der Waals surface area contributed by atoms with E-state index in [1.54, 1.807) is 12.1 Å². The van der Waals surface area contributed by atoms with E-state index in [1.807, 2.05) is 0 Å². The molecule has 0 atom stereocenters. The van der Waals surface area contributed by atoms with Crippen molar-refractivity contribution in [3.63, 3.8) is 0 Å². The van der Waals surface area contributed by atoms with Crippen molar-refractivity contribution in [2.75, 3.05) is 12.4 Å². The molecule has 0 spiro atoms. The maximum absolute atomic E-state index is 12.0. The van der Waals surface area contributed by atoms with Crippen LogP contribution in [0.25, 0.3) is 0 Å². The number of anilines is 1. The number of H-pyrrole nitrogens is 1.